The minimum absolute atomic E-state index is 0.00400. The lowest BCUT2D eigenvalue weighted by molar-refractivity contribution is -0.128. The molecule has 0 radical (unpaired) electrons. The highest BCUT2D eigenvalue weighted by Crippen LogP contribution is 2.38. The van der Waals surface area contributed by atoms with Gasteiger partial charge in [-0.1, -0.05) is 32.6 Å². The summed E-state index contributed by atoms with van der Waals surface area (Å²) in [5.41, 5.74) is -0.579. The summed E-state index contributed by atoms with van der Waals surface area (Å²) in [6.45, 7) is 13.7. The number of nitrogens with zero attached hydrogens (tertiary/aromatic N) is 6. The molecule has 12 heteroatoms. The molecule has 0 aliphatic carbocycles. The monoisotopic (exact) mass is 618 g/mol. The number of fused-ring (bicyclic) bond motifs is 1. The number of phenols is 1. The van der Waals surface area contributed by atoms with Crippen molar-refractivity contribution >= 4 is 34.5 Å². The van der Waals surface area contributed by atoms with Crippen LogP contribution in [-0.2, 0) is 4.79 Å². The maximum absolute atomic E-state index is 16.0. The van der Waals surface area contributed by atoms with Gasteiger partial charge in [0.15, 0.2) is 11.5 Å². The molecule has 1 saturated heterocycles. The zero-order valence-corrected chi connectivity index (χ0v) is 25.6. The number of amides is 1. The number of rotatable bonds is 7. The Bertz CT molecular complexity index is 1840. The van der Waals surface area contributed by atoms with Crippen molar-refractivity contribution in [2.24, 2.45) is 0 Å². The molecule has 2 atom stereocenters. The van der Waals surface area contributed by atoms with Crippen LogP contribution in [-0.4, -0.2) is 66.9 Å². The molecule has 1 amide bonds. The predicted octanol–water partition coefficient (Wildman–Crippen LogP) is 5.45. The molecule has 1 aliphatic rings. The molecule has 1 fully saturated rings. The predicted molar refractivity (Wildman–Crippen MR) is 169 cm³/mol. The number of hydrogen-bond acceptors (Lipinski definition) is 8. The Kier molecular flexibility index (Phi) is 8.55. The van der Waals surface area contributed by atoms with Gasteiger partial charge < -0.3 is 14.9 Å². The molecule has 1 N–H and O–H groups in total. The first-order valence-corrected chi connectivity index (χ1v) is 15.2. The van der Waals surface area contributed by atoms with E-state index in [0.29, 0.717) is 16.3 Å². The average Bonchev–Trinajstić information content (AvgIpc) is 3.00. The number of halogens is 2. The Balaban J connectivity index is 1.88. The zero-order valence-electron chi connectivity index (χ0n) is 24.8. The van der Waals surface area contributed by atoms with E-state index in [-0.39, 0.29) is 47.8 Å². The average molecular weight is 619 g/mol. The second-order valence-corrected chi connectivity index (χ2v) is 11.6. The molecule has 0 spiro atoms. The smallest absolute Gasteiger partial charge is 0.355 e. The minimum Gasteiger partial charge on any atom is -0.507 e. The summed E-state index contributed by atoms with van der Waals surface area (Å²) in [7, 11) is 0. The van der Waals surface area contributed by atoms with Crippen LogP contribution in [0.25, 0.3) is 28.0 Å². The summed E-state index contributed by atoms with van der Waals surface area (Å²) in [6, 6.07) is 5.75. The number of thioether (sulfide) groups is 1. The SMILES string of the molecule is C=CC(=O)N1CC(C=C)N(c2nc(=O)n(-c3c(SC)ccnc3C(C)C)c3nc(-c4c(O)cccc4F)c(F)cc23)C[C@H]1C. The van der Waals surface area contributed by atoms with E-state index in [2.05, 4.69) is 28.1 Å². The summed E-state index contributed by atoms with van der Waals surface area (Å²) in [4.78, 5) is 44.4. The molecular weight excluding hydrogens is 586 g/mol. The molecule has 4 aromatic rings. The van der Waals surface area contributed by atoms with Crippen LogP contribution in [0.5, 0.6) is 5.75 Å². The van der Waals surface area contributed by atoms with Gasteiger partial charge in [-0.05, 0) is 49.4 Å². The van der Waals surface area contributed by atoms with Crippen LogP contribution >= 0.6 is 11.8 Å². The molecule has 3 aromatic heterocycles. The van der Waals surface area contributed by atoms with Crippen molar-refractivity contribution in [3.63, 3.8) is 0 Å². The number of aromatic hydroxyl groups is 1. The van der Waals surface area contributed by atoms with Crippen molar-refractivity contribution in [2.45, 2.75) is 43.7 Å². The quantitative estimate of drug-likeness (QED) is 0.166. The molecule has 228 valence electrons. The van der Waals surface area contributed by atoms with Crippen LogP contribution in [0.1, 0.15) is 32.4 Å². The first kappa shape index (κ1) is 30.9. The second-order valence-electron chi connectivity index (χ2n) is 10.8. The third-order valence-corrected chi connectivity index (χ3v) is 8.48. The van der Waals surface area contributed by atoms with Crippen molar-refractivity contribution < 1.29 is 18.7 Å². The molecule has 4 heterocycles. The number of aromatic nitrogens is 4. The Hall–Kier alpha value is -4.58. The van der Waals surface area contributed by atoms with Gasteiger partial charge in [-0.2, -0.15) is 4.98 Å². The molecular formula is C32H32F2N6O3S. The number of benzene rings is 1. The standard InChI is InChI=1S/C32H32F2N6O3S/c1-7-19-16-38(25(42)8-2)18(5)15-39(19)30-20-14-22(34)28(26-21(33)10-9-11-23(26)41)36-31(20)40(32(43)37-30)29-24(44-6)12-13-35-27(29)17(3)4/h7-14,17-19,41H,1-2,15-16H2,3-6H3/t18-,19?/m1/s1. The molecule has 1 aromatic carbocycles. The van der Waals surface area contributed by atoms with E-state index < -0.39 is 40.4 Å². The van der Waals surface area contributed by atoms with Crippen molar-refractivity contribution in [1.82, 2.24) is 24.4 Å². The maximum atomic E-state index is 16.0. The fourth-order valence-corrected chi connectivity index (χ4v) is 6.17. The highest BCUT2D eigenvalue weighted by Gasteiger charge is 2.35. The van der Waals surface area contributed by atoms with Gasteiger partial charge in [-0.3, -0.25) is 9.78 Å². The van der Waals surface area contributed by atoms with Crippen LogP contribution < -0.4 is 10.6 Å². The highest BCUT2D eigenvalue weighted by atomic mass is 32.2. The fraction of sp³-hybridized carbons (Fsp3) is 0.281. The fourth-order valence-electron chi connectivity index (χ4n) is 5.58. The zero-order chi connectivity index (χ0) is 31.9. The summed E-state index contributed by atoms with van der Waals surface area (Å²) >= 11 is 1.39. The van der Waals surface area contributed by atoms with Crippen LogP contribution in [0, 0.1) is 11.6 Å². The molecule has 0 bridgehead atoms. The van der Waals surface area contributed by atoms with Crippen LogP contribution in [0.4, 0.5) is 14.6 Å². The van der Waals surface area contributed by atoms with Crippen molar-refractivity contribution in [3.8, 4) is 22.7 Å². The minimum atomic E-state index is -0.921. The highest BCUT2D eigenvalue weighted by molar-refractivity contribution is 7.98. The van der Waals surface area contributed by atoms with Gasteiger partial charge in [0.2, 0.25) is 5.91 Å². The van der Waals surface area contributed by atoms with E-state index in [1.165, 1.54) is 34.5 Å². The summed E-state index contributed by atoms with van der Waals surface area (Å²) in [5, 5.41) is 10.7. The number of carbonyl (C=O) groups excluding carboxylic acids is 1. The Labute approximate surface area is 257 Å². The van der Waals surface area contributed by atoms with E-state index in [0.717, 1.165) is 12.1 Å². The molecule has 9 nitrogen and oxygen atoms in total. The number of pyridine rings is 2. The van der Waals surface area contributed by atoms with Crippen LogP contribution in [0.15, 0.2) is 71.5 Å². The number of hydrogen-bond donors (Lipinski definition) is 1. The van der Waals surface area contributed by atoms with E-state index in [4.69, 9.17) is 0 Å². The molecule has 1 aliphatic heterocycles. The van der Waals surface area contributed by atoms with E-state index >= 15 is 8.78 Å². The largest absolute Gasteiger partial charge is 0.507 e. The molecule has 1 unspecified atom stereocenters. The lowest BCUT2D eigenvalue weighted by atomic mass is 10.0. The van der Waals surface area contributed by atoms with E-state index in [1.807, 2.05) is 27.0 Å². The maximum Gasteiger partial charge on any atom is 0.355 e. The number of carbonyl (C=O) groups is 1. The first-order chi connectivity index (χ1) is 21.0. The molecule has 5 rings (SSSR count). The first-order valence-electron chi connectivity index (χ1n) is 14.0. The van der Waals surface area contributed by atoms with Gasteiger partial charge >= 0.3 is 5.69 Å². The summed E-state index contributed by atoms with van der Waals surface area (Å²) in [6.07, 6.45) is 6.38. The van der Waals surface area contributed by atoms with Gasteiger partial charge in [0.05, 0.1) is 28.4 Å². The molecule has 0 saturated carbocycles. The van der Waals surface area contributed by atoms with Crippen molar-refractivity contribution in [2.75, 3.05) is 24.2 Å². The van der Waals surface area contributed by atoms with Crippen molar-refractivity contribution in [3.05, 3.63) is 89.7 Å². The van der Waals surface area contributed by atoms with Gasteiger partial charge in [0, 0.05) is 30.2 Å². The number of anilines is 1. The number of piperazine rings is 1. The normalized spacial score (nSPS) is 16.9. The summed E-state index contributed by atoms with van der Waals surface area (Å²) in [5.74, 6) is -2.53. The van der Waals surface area contributed by atoms with E-state index in [9.17, 15) is 14.7 Å². The van der Waals surface area contributed by atoms with Gasteiger partial charge in [-0.25, -0.2) is 23.1 Å². The lowest BCUT2D eigenvalue weighted by Gasteiger charge is -2.44. The summed E-state index contributed by atoms with van der Waals surface area (Å²) < 4.78 is 32.3. The van der Waals surface area contributed by atoms with Crippen molar-refractivity contribution in [1.29, 1.82) is 0 Å². The van der Waals surface area contributed by atoms with Gasteiger partial charge in [-0.15, -0.1) is 18.3 Å². The van der Waals surface area contributed by atoms with Crippen LogP contribution in [0.2, 0.25) is 0 Å². The topological polar surface area (TPSA) is 104 Å². The lowest BCUT2D eigenvalue weighted by Crippen LogP contribution is -2.58. The third kappa shape index (κ3) is 5.23. The third-order valence-electron chi connectivity index (χ3n) is 7.71. The van der Waals surface area contributed by atoms with Gasteiger partial charge in [0.1, 0.15) is 23.1 Å². The Morgan fingerprint density at radius 1 is 1.16 bits per heavy atom. The number of phenolic OH excluding ortho intramolecular Hbond substituents is 1. The Morgan fingerprint density at radius 2 is 1.91 bits per heavy atom. The second kappa shape index (κ2) is 12.2. The Morgan fingerprint density at radius 3 is 2.55 bits per heavy atom. The van der Waals surface area contributed by atoms with Crippen LogP contribution in [0.3, 0.4) is 0 Å². The van der Waals surface area contributed by atoms with Gasteiger partial charge in [0.25, 0.3) is 0 Å². The van der Waals surface area contributed by atoms with E-state index in [1.54, 1.807) is 28.1 Å². The molecule has 44 heavy (non-hydrogen) atoms.